The monoisotopic (exact) mass is 327 g/mol. The van der Waals surface area contributed by atoms with Gasteiger partial charge in [0.15, 0.2) is 5.96 Å². The van der Waals surface area contributed by atoms with E-state index >= 15 is 0 Å². The molecule has 0 spiro atoms. The maximum absolute atomic E-state index is 13.8. The van der Waals surface area contributed by atoms with E-state index in [2.05, 4.69) is 15.6 Å². The Morgan fingerprint density at radius 1 is 1.30 bits per heavy atom. The predicted octanol–water partition coefficient (Wildman–Crippen LogP) is 3.05. The molecular weight excluding hydrogens is 300 g/mol. The smallest absolute Gasteiger partial charge is 0.191 e. The third-order valence-corrected chi connectivity index (χ3v) is 3.58. The molecule has 130 valence electrons. The average molecular weight is 327 g/mol. The minimum absolute atomic E-state index is 0.116. The van der Waals surface area contributed by atoms with Crippen LogP contribution in [-0.4, -0.2) is 38.3 Å². The van der Waals surface area contributed by atoms with Gasteiger partial charge >= 0.3 is 0 Å². The number of hydrogen-bond donors (Lipinski definition) is 2. The Kier molecular flexibility index (Phi) is 7.42. The lowest BCUT2D eigenvalue weighted by Crippen LogP contribution is -2.40. The zero-order valence-corrected chi connectivity index (χ0v) is 14.5. The van der Waals surface area contributed by atoms with Crippen LogP contribution in [0, 0.1) is 11.6 Å². The van der Waals surface area contributed by atoms with E-state index in [0.717, 1.165) is 12.6 Å². The van der Waals surface area contributed by atoms with Crippen LogP contribution in [0.4, 0.5) is 8.78 Å². The molecule has 0 saturated carbocycles. The topological polar surface area (TPSA) is 45.7 Å². The maximum Gasteiger partial charge on any atom is 0.191 e. The summed E-state index contributed by atoms with van der Waals surface area (Å²) in [4.78, 5) is 4.47. The molecule has 0 aliphatic rings. The first kappa shape index (κ1) is 19.4. The minimum Gasteiger partial charge on any atom is -0.377 e. The number of nitrogens with one attached hydrogen (secondary N) is 2. The highest BCUT2D eigenvalue weighted by molar-refractivity contribution is 5.79. The molecule has 0 heterocycles. The van der Waals surface area contributed by atoms with Crippen LogP contribution in [0.15, 0.2) is 23.2 Å². The molecule has 6 heteroatoms. The first-order valence-electron chi connectivity index (χ1n) is 7.81. The number of benzene rings is 1. The van der Waals surface area contributed by atoms with E-state index in [4.69, 9.17) is 4.74 Å². The Hall–Kier alpha value is -1.69. The van der Waals surface area contributed by atoms with Crippen LogP contribution in [0.1, 0.15) is 39.2 Å². The summed E-state index contributed by atoms with van der Waals surface area (Å²) in [6, 6.07) is 3.66. The van der Waals surface area contributed by atoms with Gasteiger partial charge in [0, 0.05) is 32.2 Å². The lowest BCUT2D eigenvalue weighted by molar-refractivity contribution is 0.0310. The number of halogens is 2. The molecule has 0 aliphatic carbocycles. The number of hydrogen-bond acceptors (Lipinski definition) is 2. The van der Waals surface area contributed by atoms with Crippen molar-refractivity contribution in [3.05, 3.63) is 35.4 Å². The van der Waals surface area contributed by atoms with Gasteiger partial charge in [-0.25, -0.2) is 8.78 Å². The number of rotatable bonds is 7. The Morgan fingerprint density at radius 3 is 2.57 bits per heavy atom. The highest BCUT2D eigenvalue weighted by Crippen LogP contribution is 2.19. The molecular formula is C17H27F2N3O. The van der Waals surface area contributed by atoms with E-state index in [0.29, 0.717) is 24.6 Å². The van der Waals surface area contributed by atoms with E-state index in [1.165, 1.54) is 12.1 Å². The van der Waals surface area contributed by atoms with Crippen molar-refractivity contribution in [3.8, 4) is 0 Å². The van der Waals surface area contributed by atoms with Crippen LogP contribution in [0.5, 0.6) is 0 Å². The van der Waals surface area contributed by atoms with Gasteiger partial charge in [0.05, 0.1) is 12.1 Å². The van der Waals surface area contributed by atoms with Crippen molar-refractivity contribution in [2.45, 2.75) is 39.2 Å². The highest BCUT2D eigenvalue weighted by atomic mass is 19.1. The quantitative estimate of drug-likeness (QED) is 0.598. The molecule has 1 atom stereocenters. The van der Waals surface area contributed by atoms with E-state index in [1.54, 1.807) is 7.11 Å². The van der Waals surface area contributed by atoms with Crippen molar-refractivity contribution in [1.29, 1.82) is 0 Å². The summed E-state index contributed by atoms with van der Waals surface area (Å²) in [6.07, 6.45) is 0. The molecule has 0 amide bonds. The van der Waals surface area contributed by atoms with Gasteiger partial charge in [0.1, 0.15) is 11.6 Å². The number of methoxy groups -OCH3 is 1. The van der Waals surface area contributed by atoms with Crippen LogP contribution in [-0.2, 0) is 4.74 Å². The molecule has 0 radical (unpaired) electrons. The fraction of sp³-hybridized carbons (Fsp3) is 0.588. The van der Waals surface area contributed by atoms with Crippen LogP contribution in [0.25, 0.3) is 0 Å². The minimum atomic E-state index is -0.567. The van der Waals surface area contributed by atoms with Gasteiger partial charge in [-0.05, 0) is 32.4 Å². The van der Waals surface area contributed by atoms with E-state index in [-0.39, 0.29) is 11.5 Å². The van der Waals surface area contributed by atoms with Crippen molar-refractivity contribution < 1.29 is 13.5 Å². The molecule has 0 saturated heterocycles. The molecule has 4 nitrogen and oxygen atoms in total. The molecule has 0 aliphatic heterocycles. The molecule has 23 heavy (non-hydrogen) atoms. The number of aliphatic imine (C=N–C) groups is 1. The van der Waals surface area contributed by atoms with E-state index < -0.39 is 11.6 Å². The SMILES string of the molecule is CCNC(=NCC(C)(C)OC)NCC(C)c1ccc(F)cc1F. The van der Waals surface area contributed by atoms with Crippen molar-refractivity contribution in [2.75, 3.05) is 26.7 Å². The number of ether oxygens (including phenoxy) is 1. The van der Waals surface area contributed by atoms with Crippen molar-refractivity contribution >= 4 is 5.96 Å². The lowest BCUT2D eigenvalue weighted by atomic mass is 10.0. The summed E-state index contributed by atoms with van der Waals surface area (Å²) in [7, 11) is 1.65. The van der Waals surface area contributed by atoms with Gasteiger partial charge in [-0.2, -0.15) is 0 Å². The maximum atomic E-state index is 13.8. The first-order valence-corrected chi connectivity index (χ1v) is 7.81. The number of nitrogens with zero attached hydrogens (tertiary/aromatic N) is 1. The lowest BCUT2D eigenvalue weighted by Gasteiger charge is -2.22. The zero-order chi connectivity index (χ0) is 17.5. The zero-order valence-electron chi connectivity index (χ0n) is 14.5. The summed E-state index contributed by atoms with van der Waals surface area (Å²) in [5.74, 6) is -0.563. The fourth-order valence-corrected chi connectivity index (χ4v) is 1.94. The normalized spacial score (nSPS) is 13.8. The molecule has 2 N–H and O–H groups in total. The van der Waals surface area contributed by atoms with Gasteiger partial charge in [-0.3, -0.25) is 4.99 Å². The Balaban J connectivity index is 2.69. The second kappa shape index (κ2) is 8.82. The second-order valence-electron chi connectivity index (χ2n) is 6.11. The summed E-state index contributed by atoms with van der Waals surface area (Å²) >= 11 is 0. The summed E-state index contributed by atoms with van der Waals surface area (Å²) < 4.78 is 32.1. The van der Waals surface area contributed by atoms with Gasteiger partial charge in [0.2, 0.25) is 0 Å². The van der Waals surface area contributed by atoms with Gasteiger partial charge in [-0.1, -0.05) is 13.0 Å². The van der Waals surface area contributed by atoms with Gasteiger partial charge < -0.3 is 15.4 Å². The van der Waals surface area contributed by atoms with Crippen LogP contribution in [0.3, 0.4) is 0 Å². The van der Waals surface area contributed by atoms with Crippen molar-refractivity contribution in [3.63, 3.8) is 0 Å². The fourth-order valence-electron chi connectivity index (χ4n) is 1.94. The molecule has 0 bridgehead atoms. The van der Waals surface area contributed by atoms with Crippen LogP contribution in [0.2, 0.25) is 0 Å². The molecule has 1 aromatic rings. The van der Waals surface area contributed by atoms with Crippen LogP contribution < -0.4 is 10.6 Å². The second-order valence-corrected chi connectivity index (χ2v) is 6.11. The Labute approximate surface area is 137 Å². The third kappa shape index (κ3) is 6.52. The molecule has 1 rings (SSSR count). The molecule has 1 unspecified atom stereocenters. The van der Waals surface area contributed by atoms with E-state index in [9.17, 15) is 8.78 Å². The standard InChI is InChI=1S/C17H27F2N3O/c1-6-20-16(22-11-17(3,4)23-5)21-10-12(2)14-8-7-13(18)9-15(14)19/h7-9,12H,6,10-11H2,1-5H3,(H2,20,21,22). The predicted molar refractivity (Wildman–Crippen MR) is 89.8 cm³/mol. The van der Waals surface area contributed by atoms with Gasteiger partial charge in [-0.15, -0.1) is 0 Å². The molecule has 0 fully saturated rings. The van der Waals surface area contributed by atoms with Crippen molar-refractivity contribution in [1.82, 2.24) is 10.6 Å². The largest absolute Gasteiger partial charge is 0.377 e. The van der Waals surface area contributed by atoms with Crippen LogP contribution >= 0.6 is 0 Å². The third-order valence-electron chi connectivity index (χ3n) is 3.58. The van der Waals surface area contributed by atoms with E-state index in [1.807, 2.05) is 27.7 Å². The molecule has 1 aromatic carbocycles. The first-order chi connectivity index (χ1) is 10.8. The van der Waals surface area contributed by atoms with Crippen molar-refractivity contribution in [2.24, 2.45) is 4.99 Å². The Bertz CT molecular complexity index is 533. The summed E-state index contributed by atoms with van der Waals surface area (Å²) in [5, 5.41) is 6.32. The number of guanidine groups is 1. The summed E-state index contributed by atoms with van der Waals surface area (Å²) in [6.45, 7) is 9.47. The Morgan fingerprint density at radius 2 is 2.00 bits per heavy atom. The average Bonchev–Trinajstić information content (AvgIpc) is 2.49. The molecule has 0 aromatic heterocycles. The van der Waals surface area contributed by atoms with Gasteiger partial charge in [0.25, 0.3) is 0 Å². The highest BCUT2D eigenvalue weighted by Gasteiger charge is 2.16. The summed E-state index contributed by atoms with van der Waals surface area (Å²) in [5.41, 5.74) is 0.129.